The first-order valence-electron chi connectivity index (χ1n) is 8.05. The van der Waals surface area contributed by atoms with Crippen molar-refractivity contribution in [2.24, 2.45) is 5.92 Å². The molecule has 1 rings (SSSR count). The zero-order valence-corrected chi connectivity index (χ0v) is 13.6. The second-order valence-corrected chi connectivity index (χ2v) is 6.06. The van der Waals surface area contributed by atoms with Crippen molar-refractivity contribution in [3.63, 3.8) is 0 Å². The normalized spacial score (nSPS) is 12.2. The number of hydrogen-bond donors (Lipinski definition) is 1. The van der Waals surface area contributed by atoms with Gasteiger partial charge in [0.05, 0.1) is 6.61 Å². The van der Waals surface area contributed by atoms with Gasteiger partial charge in [0.15, 0.2) is 0 Å². The van der Waals surface area contributed by atoms with E-state index in [0.29, 0.717) is 13.0 Å². The van der Waals surface area contributed by atoms with Gasteiger partial charge in [0.1, 0.15) is 5.75 Å². The standard InChI is InChI=1S/C18H29NO2/c1-15(2)9-7-10-16(3)19-18(20)13-8-14-21-17-11-5-4-6-12-17/h4-6,11-12,15-16H,7-10,13-14H2,1-3H3,(H,19,20). The molecule has 1 atom stereocenters. The van der Waals surface area contributed by atoms with Crippen molar-refractivity contribution < 1.29 is 9.53 Å². The van der Waals surface area contributed by atoms with Gasteiger partial charge in [0.25, 0.3) is 0 Å². The van der Waals surface area contributed by atoms with Crippen LogP contribution in [-0.2, 0) is 4.79 Å². The number of benzene rings is 1. The Morgan fingerprint density at radius 2 is 1.81 bits per heavy atom. The molecule has 0 aromatic heterocycles. The number of para-hydroxylation sites is 1. The molecule has 0 aliphatic rings. The average Bonchev–Trinajstić information content (AvgIpc) is 2.44. The minimum atomic E-state index is 0.128. The smallest absolute Gasteiger partial charge is 0.220 e. The number of rotatable bonds is 10. The van der Waals surface area contributed by atoms with Crippen LogP contribution in [-0.4, -0.2) is 18.6 Å². The lowest BCUT2D eigenvalue weighted by Crippen LogP contribution is -2.32. The van der Waals surface area contributed by atoms with E-state index in [0.717, 1.165) is 24.5 Å². The minimum Gasteiger partial charge on any atom is -0.494 e. The molecule has 0 aliphatic carbocycles. The number of amides is 1. The van der Waals surface area contributed by atoms with Crippen molar-refractivity contribution in [2.75, 3.05) is 6.61 Å². The molecular formula is C18H29NO2. The second-order valence-electron chi connectivity index (χ2n) is 6.06. The van der Waals surface area contributed by atoms with Crippen LogP contribution < -0.4 is 10.1 Å². The van der Waals surface area contributed by atoms with E-state index in [9.17, 15) is 4.79 Å². The van der Waals surface area contributed by atoms with Crippen LogP contribution in [0.15, 0.2) is 30.3 Å². The SMILES string of the molecule is CC(C)CCCC(C)NC(=O)CCCOc1ccccc1. The Hall–Kier alpha value is -1.51. The third kappa shape index (κ3) is 9.11. The fraction of sp³-hybridized carbons (Fsp3) is 0.611. The molecule has 0 saturated carbocycles. The summed E-state index contributed by atoms with van der Waals surface area (Å²) in [6.07, 6.45) is 4.74. The first-order chi connectivity index (χ1) is 10.1. The van der Waals surface area contributed by atoms with Gasteiger partial charge >= 0.3 is 0 Å². The number of hydrogen-bond acceptors (Lipinski definition) is 2. The van der Waals surface area contributed by atoms with Gasteiger partial charge in [-0.15, -0.1) is 0 Å². The maximum Gasteiger partial charge on any atom is 0.220 e. The van der Waals surface area contributed by atoms with Crippen LogP contribution in [0.5, 0.6) is 5.75 Å². The summed E-state index contributed by atoms with van der Waals surface area (Å²) in [5, 5.41) is 3.06. The Labute approximate surface area is 129 Å². The molecule has 0 heterocycles. The Morgan fingerprint density at radius 1 is 1.10 bits per heavy atom. The summed E-state index contributed by atoms with van der Waals surface area (Å²) >= 11 is 0. The van der Waals surface area contributed by atoms with E-state index in [1.807, 2.05) is 30.3 Å². The molecule has 1 amide bonds. The lowest BCUT2D eigenvalue weighted by atomic mass is 10.0. The molecule has 1 aromatic rings. The van der Waals surface area contributed by atoms with Gasteiger partial charge in [0, 0.05) is 12.5 Å². The lowest BCUT2D eigenvalue weighted by Gasteiger charge is -2.14. The first-order valence-corrected chi connectivity index (χ1v) is 8.05. The van der Waals surface area contributed by atoms with Crippen molar-refractivity contribution in [1.29, 1.82) is 0 Å². The Balaban J connectivity index is 2.05. The minimum absolute atomic E-state index is 0.128. The van der Waals surface area contributed by atoms with Crippen LogP contribution >= 0.6 is 0 Å². The van der Waals surface area contributed by atoms with E-state index in [2.05, 4.69) is 26.1 Å². The summed E-state index contributed by atoms with van der Waals surface area (Å²) in [6, 6.07) is 9.97. The highest BCUT2D eigenvalue weighted by atomic mass is 16.5. The first kappa shape index (κ1) is 17.5. The molecule has 1 N–H and O–H groups in total. The van der Waals surface area contributed by atoms with E-state index in [1.165, 1.54) is 12.8 Å². The number of nitrogens with one attached hydrogen (secondary N) is 1. The van der Waals surface area contributed by atoms with E-state index in [-0.39, 0.29) is 11.9 Å². The monoisotopic (exact) mass is 291 g/mol. The van der Waals surface area contributed by atoms with E-state index >= 15 is 0 Å². The highest BCUT2D eigenvalue weighted by molar-refractivity contribution is 5.76. The Bertz CT molecular complexity index is 389. The van der Waals surface area contributed by atoms with E-state index in [1.54, 1.807) is 0 Å². The molecule has 118 valence electrons. The number of ether oxygens (including phenoxy) is 1. The molecule has 0 fully saturated rings. The molecule has 3 nitrogen and oxygen atoms in total. The average molecular weight is 291 g/mol. The van der Waals surface area contributed by atoms with Crippen molar-refractivity contribution in [3.8, 4) is 5.75 Å². The molecule has 1 aromatic carbocycles. The van der Waals surface area contributed by atoms with Gasteiger partial charge in [0.2, 0.25) is 5.91 Å². The molecule has 0 spiro atoms. The number of carbonyl (C=O) groups is 1. The van der Waals surface area contributed by atoms with Crippen LogP contribution in [0.25, 0.3) is 0 Å². The predicted molar refractivity (Wildman–Crippen MR) is 87.5 cm³/mol. The zero-order chi connectivity index (χ0) is 15.5. The maximum absolute atomic E-state index is 11.8. The summed E-state index contributed by atoms with van der Waals surface area (Å²) in [5.41, 5.74) is 0. The van der Waals surface area contributed by atoms with Crippen LogP contribution in [0.2, 0.25) is 0 Å². The van der Waals surface area contributed by atoms with Gasteiger partial charge in [-0.3, -0.25) is 4.79 Å². The largest absolute Gasteiger partial charge is 0.494 e. The molecule has 0 aliphatic heterocycles. The molecule has 0 bridgehead atoms. The molecule has 0 saturated heterocycles. The zero-order valence-electron chi connectivity index (χ0n) is 13.6. The fourth-order valence-electron chi connectivity index (χ4n) is 2.19. The lowest BCUT2D eigenvalue weighted by molar-refractivity contribution is -0.121. The summed E-state index contributed by atoms with van der Waals surface area (Å²) in [4.78, 5) is 11.8. The highest BCUT2D eigenvalue weighted by Crippen LogP contribution is 2.10. The topological polar surface area (TPSA) is 38.3 Å². The molecular weight excluding hydrogens is 262 g/mol. The summed E-state index contributed by atoms with van der Waals surface area (Å²) in [5.74, 6) is 1.73. The van der Waals surface area contributed by atoms with Gasteiger partial charge in [-0.25, -0.2) is 0 Å². The summed E-state index contributed by atoms with van der Waals surface area (Å²) < 4.78 is 5.57. The van der Waals surface area contributed by atoms with Crippen molar-refractivity contribution in [1.82, 2.24) is 5.32 Å². The molecule has 0 radical (unpaired) electrons. The second kappa shape index (κ2) is 10.3. The molecule has 21 heavy (non-hydrogen) atoms. The predicted octanol–water partition coefficient (Wildman–Crippen LogP) is 4.18. The highest BCUT2D eigenvalue weighted by Gasteiger charge is 2.07. The van der Waals surface area contributed by atoms with Crippen LogP contribution in [0.3, 0.4) is 0 Å². The number of carbonyl (C=O) groups excluding carboxylic acids is 1. The van der Waals surface area contributed by atoms with Crippen LogP contribution in [0, 0.1) is 5.92 Å². The van der Waals surface area contributed by atoms with Crippen molar-refractivity contribution >= 4 is 5.91 Å². The van der Waals surface area contributed by atoms with Gasteiger partial charge in [-0.05, 0) is 37.8 Å². The Kier molecular flexibility index (Phi) is 8.56. The molecule has 1 unspecified atom stereocenters. The van der Waals surface area contributed by atoms with Gasteiger partial charge in [-0.2, -0.15) is 0 Å². The van der Waals surface area contributed by atoms with Crippen LogP contribution in [0.4, 0.5) is 0 Å². The summed E-state index contributed by atoms with van der Waals surface area (Å²) in [6.45, 7) is 7.13. The van der Waals surface area contributed by atoms with Crippen molar-refractivity contribution in [3.05, 3.63) is 30.3 Å². The fourth-order valence-corrected chi connectivity index (χ4v) is 2.19. The quantitative estimate of drug-likeness (QED) is 0.657. The van der Waals surface area contributed by atoms with Crippen molar-refractivity contribution in [2.45, 2.75) is 58.9 Å². The van der Waals surface area contributed by atoms with E-state index in [4.69, 9.17) is 4.74 Å². The van der Waals surface area contributed by atoms with Gasteiger partial charge in [-0.1, -0.05) is 44.9 Å². The van der Waals surface area contributed by atoms with E-state index < -0.39 is 0 Å². The maximum atomic E-state index is 11.8. The third-order valence-electron chi connectivity index (χ3n) is 3.39. The van der Waals surface area contributed by atoms with Gasteiger partial charge < -0.3 is 10.1 Å². The van der Waals surface area contributed by atoms with Crippen LogP contribution in [0.1, 0.15) is 52.9 Å². The molecule has 3 heteroatoms. The summed E-state index contributed by atoms with van der Waals surface area (Å²) in [7, 11) is 0. The third-order valence-corrected chi connectivity index (χ3v) is 3.39. The Morgan fingerprint density at radius 3 is 2.48 bits per heavy atom.